The fraction of sp³-hybridized carbons (Fsp3) is 0. The van der Waals surface area contributed by atoms with E-state index in [1.165, 1.54) is 48.5 Å². The van der Waals surface area contributed by atoms with E-state index in [4.69, 9.17) is 21.4 Å². The Balaban J connectivity index is 1.79. The molecule has 1 aliphatic heterocycles. The number of nitrogens with one attached hydrogen (secondary N) is 1. The van der Waals surface area contributed by atoms with Gasteiger partial charge in [0.2, 0.25) is 0 Å². The Morgan fingerprint density at radius 2 is 1.23 bits per heavy atom. The summed E-state index contributed by atoms with van der Waals surface area (Å²) in [5, 5.41) is 10.4. The molecule has 1 aliphatic rings. The summed E-state index contributed by atoms with van der Waals surface area (Å²) in [6.07, 6.45) is 0. The van der Waals surface area contributed by atoms with Crippen LogP contribution in [0.15, 0.2) is 63.3 Å². The molecule has 1 aromatic heterocycles. The van der Waals surface area contributed by atoms with Crippen LogP contribution < -0.4 is 0 Å². The molecule has 3 aromatic rings. The summed E-state index contributed by atoms with van der Waals surface area (Å²) < 4.78 is 45.6. The third kappa shape index (κ3) is 3.52. The molecular weight excluding hydrogens is 475 g/mol. The summed E-state index contributed by atoms with van der Waals surface area (Å²) in [5.74, 6) is -0.928. The van der Waals surface area contributed by atoms with Crippen LogP contribution in [-0.4, -0.2) is 38.5 Å². The Labute approximate surface area is 179 Å². The first-order valence-corrected chi connectivity index (χ1v) is 12.8. The van der Waals surface area contributed by atoms with Crippen LogP contribution in [0.25, 0.3) is 11.3 Å². The van der Waals surface area contributed by atoms with Crippen molar-refractivity contribution in [1.82, 2.24) is 4.98 Å². The van der Waals surface area contributed by atoms with Crippen molar-refractivity contribution in [2.24, 2.45) is 4.99 Å². The van der Waals surface area contributed by atoms with Gasteiger partial charge in [-0.3, -0.25) is 4.79 Å². The summed E-state index contributed by atoms with van der Waals surface area (Å²) in [5.41, 5.74) is 1.52. The van der Waals surface area contributed by atoms with Crippen LogP contribution in [-0.2, 0) is 18.1 Å². The Hall–Kier alpha value is -2.66. The zero-order valence-electron chi connectivity index (χ0n) is 14.6. The van der Waals surface area contributed by atoms with E-state index in [1.54, 1.807) is 0 Å². The second-order valence-corrected chi connectivity index (χ2v) is 11.4. The molecule has 8 nitrogen and oxygen atoms in total. The van der Waals surface area contributed by atoms with Crippen LogP contribution >= 0.6 is 21.4 Å². The number of nitrogens with zero attached hydrogens (tertiary/aromatic N) is 1. The van der Waals surface area contributed by atoms with Crippen molar-refractivity contribution in [3.8, 4) is 17.1 Å². The molecule has 0 saturated heterocycles. The number of aromatic hydroxyl groups is 1. The molecule has 0 atom stereocenters. The summed E-state index contributed by atoms with van der Waals surface area (Å²) in [6, 6.07) is 10.8. The average molecular weight is 485 g/mol. The largest absolute Gasteiger partial charge is 0.494 e. The lowest BCUT2D eigenvalue weighted by atomic mass is 10.0. The maximum absolute atomic E-state index is 12.6. The van der Waals surface area contributed by atoms with Crippen LogP contribution in [0.3, 0.4) is 0 Å². The van der Waals surface area contributed by atoms with Crippen LogP contribution in [0.2, 0.25) is 0 Å². The van der Waals surface area contributed by atoms with E-state index < -0.39 is 24.0 Å². The first-order valence-electron chi connectivity index (χ1n) is 8.15. The fourth-order valence-electron chi connectivity index (χ4n) is 3.13. The van der Waals surface area contributed by atoms with Gasteiger partial charge in [0.15, 0.2) is 5.88 Å². The number of aromatic nitrogens is 1. The van der Waals surface area contributed by atoms with Gasteiger partial charge in [0.25, 0.3) is 24.0 Å². The predicted octanol–water partition coefficient (Wildman–Crippen LogP) is 3.23. The van der Waals surface area contributed by atoms with Crippen LogP contribution in [0.1, 0.15) is 21.5 Å². The highest BCUT2D eigenvalue weighted by Gasteiger charge is 2.33. The van der Waals surface area contributed by atoms with Crippen molar-refractivity contribution in [2.75, 3.05) is 0 Å². The van der Waals surface area contributed by atoms with Gasteiger partial charge in [-0.1, -0.05) is 24.3 Å². The zero-order chi connectivity index (χ0) is 21.8. The van der Waals surface area contributed by atoms with Gasteiger partial charge in [0.05, 0.1) is 32.3 Å². The molecule has 4 rings (SSSR count). The summed E-state index contributed by atoms with van der Waals surface area (Å²) in [7, 11) is 2.80. The van der Waals surface area contributed by atoms with E-state index in [9.17, 15) is 26.7 Å². The van der Waals surface area contributed by atoms with Crippen molar-refractivity contribution >= 4 is 51.1 Å². The molecule has 0 aliphatic carbocycles. The lowest BCUT2D eigenvalue weighted by Gasteiger charge is -2.02. The number of halogens is 2. The third-order valence-corrected chi connectivity index (χ3v) is 7.22. The highest BCUT2D eigenvalue weighted by molar-refractivity contribution is 8.14. The SMILES string of the molecule is O=C1N=C(c2ccc(S(=O)(=O)Cl)cc2)c2c(O)[nH]c(-c3ccc(S(=O)(=O)Cl)cc3)c21. The van der Waals surface area contributed by atoms with Gasteiger partial charge < -0.3 is 10.1 Å². The monoisotopic (exact) mass is 484 g/mol. The predicted molar refractivity (Wildman–Crippen MR) is 110 cm³/mol. The van der Waals surface area contributed by atoms with Crippen molar-refractivity contribution in [2.45, 2.75) is 9.79 Å². The standard InChI is InChI=1S/C18H10Cl2N2O6S2/c19-29(25,26)11-5-1-9(2-6-11)15-13-14(18(24)21-15)16(22-17(13)23)10-3-7-12(8-4-10)30(20,27)28/h1-8,21,24H. The van der Waals surface area contributed by atoms with Crippen molar-refractivity contribution in [3.63, 3.8) is 0 Å². The molecular formula is C18H10Cl2N2O6S2. The van der Waals surface area contributed by atoms with Crippen molar-refractivity contribution < 1.29 is 26.7 Å². The number of aromatic amines is 1. The van der Waals surface area contributed by atoms with Gasteiger partial charge in [-0.15, -0.1) is 0 Å². The number of H-pyrrole nitrogens is 1. The van der Waals surface area contributed by atoms with E-state index >= 15 is 0 Å². The Bertz CT molecular complexity index is 1440. The first kappa shape index (κ1) is 20.6. The zero-order valence-corrected chi connectivity index (χ0v) is 17.8. The van der Waals surface area contributed by atoms with Crippen LogP contribution in [0, 0.1) is 0 Å². The molecule has 0 bridgehead atoms. The molecule has 2 N–H and O–H groups in total. The Kier molecular flexibility index (Phi) is 4.77. The van der Waals surface area contributed by atoms with E-state index in [-0.39, 0.29) is 38.2 Å². The Morgan fingerprint density at radius 1 is 0.767 bits per heavy atom. The minimum Gasteiger partial charge on any atom is -0.494 e. The third-order valence-electron chi connectivity index (χ3n) is 4.48. The van der Waals surface area contributed by atoms with Gasteiger partial charge in [-0.25, -0.2) is 21.8 Å². The number of carbonyl (C=O) groups excluding carboxylic acids is 1. The van der Waals surface area contributed by atoms with Gasteiger partial charge in [-0.2, -0.15) is 0 Å². The van der Waals surface area contributed by atoms with E-state index in [2.05, 4.69) is 9.98 Å². The molecule has 154 valence electrons. The minimum absolute atomic E-state index is 0.109. The average Bonchev–Trinajstić information content (AvgIpc) is 3.19. The van der Waals surface area contributed by atoms with Gasteiger partial charge >= 0.3 is 0 Å². The fourth-order valence-corrected chi connectivity index (χ4v) is 4.67. The summed E-state index contributed by atoms with van der Waals surface area (Å²) in [4.78, 5) is 19.0. The second-order valence-electron chi connectivity index (χ2n) is 6.29. The van der Waals surface area contributed by atoms with Crippen LogP contribution in [0.5, 0.6) is 5.88 Å². The van der Waals surface area contributed by atoms with E-state index in [1.807, 2.05) is 0 Å². The van der Waals surface area contributed by atoms with Crippen molar-refractivity contribution in [3.05, 3.63) is 65.2 Å². The number of rotatable bonds is 4. The second kappa shape index (κ2) is 6.95. The number of benzene rings is 2. The molecule has 2 aromatic carbocycles. The highest BCUT2D eigenvalue weighted by atomic mass is 35.7. The molecule has 0 spiro atoms. The van der Waals surface area contributed by atoms with E-state index in [0.717, 1.165) is 0 Å². The Morgan fingerprint density at radius 3 is 1.70 bits per heavy atom. The molecule has 0 saturated carbocycles. The first-order chi connectivity index (χ1) is 14.0. The molecule has 0 unspecified atom stereocenters. The molecule has 30 heavy (non-hydrogen) atoms. The maximum atomic E-state index is 12.6. The quantitative estimate of drug-likeness (QED) is 0.545. The number of carbonyl (C=O) groups is 1. The number of hydrogen-bond donors (Lipinski definition) is 2. The lowest BCUT2D eigenvalue weighted by molar-refractivity contribution is 0.101. The normalized spacial score (nSPS) is 13.9. The highest BCUT2D eigenvalue weighted by Crippen LogP contribution is 2.38. The van der Waals surface area contributed by atoms with E-state index in [0.29, 0.717) is 11.1 Å². The molecule has 0 radical (unpaired) electrons. The smallest absolute Gasteiger partial charge is 0.280 e. The molecule has 12 heteroatoms. The summed E-state index contributed by atoms with van der Waals surface area (Å²) in [6.45, 7) is 0. The molecule has 0 fully saturated rings. The lowest BCUT2D eigenvalue weighted by Crippen LogP contribution is -2.01. The van der Waals surface area contributed by atoms with Crippen molar-refractivity contribution in [1.29, 1.82) is 0 Å². The molecule has 1 amide bonds. The van der Waals surface area contributed by atoms with Crippen LogP contribution in [0.4, 0.5) is 0 Å². The molecule has 2 heterocycles. The topological polar surface area (TPSA) is 134 Å². The number of aliphatic imine (C=N–C) groups is 1. The van der Waals surface area contributed by atoms with Gasteiger partial charge in [0, 0.05) is 26.9 Å². The summed E-state index contributed by atoms with van der Waals surface area (Å²) >= 11 is 0. The maximum Gasteiger partial charge on any atom is 0.280 e. The minimum atomic E-state index is -3.91. The van der Waals surface area contributed by atoms with Gasteiger partial charge in [0.1, 0.15) is 0 Å². The number of hydrogen-bond acceptors (Lipinski definition) is 6. The number of amides is 1. The number of fused-ring (bicyclic) bond motifs is 1. The van der Waals surface area contributed by atoms with Gasteiger partial charge in [-0.05, 0) is 29.8 Å².